The first-order chi connectivity index (χ1) is 10.7. The van der Waals surface area contributed by atoms with Gasteiger partial charge in [-0.15, -0.1) is 0 Å². The zero-order valence-electron chi connectivity index (χ0n) is 13.2. The number of hydrogen-bond donors (Lipinski definition) is 0. The maximum Gasteiger partial charge on any atom is 0.333 e. The standard InChI is InChI=1S/C16H24O6/c1-18-10-20-12-8-11(15(17)19-2)9-13-14(12)22-16(21-13)6-4-3-5-7-16/h9,12-14H,3-8,10H2,1-2H3/t12-,13+,14-/m1/s1. The highest BCUT2D eigenvalue weighted by Gasteiger charge is 2.52. The van der Waals surface area contributed by atoms with Gasteiger partial charge >= 0.3 is 5.97 Å². The molecule has 0 aromatic rings. The van der Waals surface area contributed by atoms with Gasteiger partial charge in [-0.25, -0.2) is 4.79 Å². The molecular formula is C16H24O6. The fraction of sp³-hybridized carbons (Fsp3) is 0.812. The van der Waals surface area contributed by atoms with Crippen LogP contribution >= 0.6 is 0 Å². The van der Waals surface area contributed by atoms with Crippen LogP contribution in [0.5, 0.6) is 0 Å². The SMILES string of the molecule is COCO[C@@H]1CC(C(=O)OC)=C[C@@H]2OC3(CCCCC3)O[C@@H]21. The minimum absolute atomic E-state index is 0.165. The van der Waals surface area contributed by atoms with E-state index in [1.54, 1.807) is 7.11 Å². The van der Waals surface area contributed by atoms with Gasteiger partial charge in [0.2, 0.25) is 0 Å². The normalized spacial score (nSPS) is 33.4. The predicted molar refractivity (Wildman–Crippen MR) is 77.0 cm³/mol. The van der Waals surface area contributed by atoms with Gasteiger partial charge in [0.1, 0.15) is 19.0 Å². The molecule has 1 saturated carbocycles. The Morgan fingerprint density at radius 2 is 2.05 bits per heavy atom. The van der Waals surface area contributed by atoms with Crippen LogP contribution in [0.25, 0.3) is 0 Å². The van der Waals surface area contributed by atoms with E-state index in [-0.39, 0.29) is 31.1 Å². The second kappa shape index (κ2) is 6.66. The molecule has 124 valence electrons. The molecule has 6 nitrogen and oxygen atoms in total. The van der Waals surface area contributed by atoms with Crippen molar-refractivity contribution >= 4 is 5.97 Å². The second-order valence-corrected chi connectivity index (χ2v) is 6.14. The van der Waals surface area contributed by atoms with Crippen LogP contribution in [-0.4, -0.2) is 51.1 Å². The Balaban J connectivity index is 1.79. The van der Waals surface area contributed by atoms with E-state index < -0.39 is 5.79 Å². The van der Waals surface area contributed by atoms with Gasteiger partial charge in [-0.3, -0.25) is 0 Å². The minimum Gasteiger partial charge on any atom is -0.466 e. The Kier molecular flexibility index (Phi) is 4.82. The molecule has 2 fully saturated rings. The Labute approximate surface area is 130 Å². The number of carbonyl (C=O) groups excluding carboxylic acids is 1. The van der Waals surface area contributed by atoms with Crippen LogP contribution < -0.4 is 0 Å². The molecule has 3 atom stereocenters. The molecule has 0 unspecified atom stereocenters. The van der Waals surface area contributed by atoms with Crippen LogP contribution in [0.3, 0.4) is 0 Å². The fourth-order valence-electron chi connectivity index (χ4n) is 3.59. The van der Waals surface area contributed by atoms with Crippen molar-refractivity contribution < 1.29 is 28.5 Å². The van der Waals surface area contributed by atoms with Gasteiger partial charge in [0.15, 0.2) is 5.79 Å². The maximum atomic E-state index is 11.9. The van der Waals surface area contributed by atoms with E-state index in [1.807, 2.05) is 6.08 Å². The summed E-state index contributed by atoms with van der Waals surface area (Å²) in [7, 11) is 2.96. The van der Waals surface area contributed by atoms with Crippen molar-refractivity contribution in [2.45, 2.75) is 62.6 Å². The zero-order chi connectivity index (χ0) is 15.6. The van der Waals surface area contributed by atoms with Crippen molar-refractivity contribution in [2.24, 2.45) is 0 Å². The van der Waals surface area contributed by atoms with E-state index in [0.29, 0.717) is 12.0 Å². The fourth-order valence-corrected chi connectivity index (χ4v) is 3.59. The average Bonchev–Trinajstić information content (AvgIpc) is 2.89. The lowest BCUT2D eigenvalue weighted by Crippen LogP contribution is -2.41. The predicted octanol–water partition coefficient (Wildman–Crippen LogP) is 1.92. The van der Waals surface area contributed by atoms with E-state index in [4.69, 9.17) is 23.7 Å². The summed E-state index contributed by atoms with van der Waals surface area (Å²) >= 11 is 0. The number of carbonyl (C=O) groups is 1. The summed E-state index contributed by atoms with van der Waals surface area (Å²) in [5.74, 6) is -0.845. The molecule has 1 aliphatic heterocycles. The summed E-state index contributed by atoms with van der Waals surface area (Å²) in [6, 6.07) is 0. The molecule has 22 heavy (non-hydrogen) atoms. The number of ether oxygens (including phenoxy) is 5. The Bertz CT molecular complexity index is 440. The highest BCUT2D eigenvalue weighted by Crippen LogP contribution is 2.44. The third-order valence-electron chi connectivity index (χ3n) is 4.64. The van der Waals surface area contributed by atoms with Crippen molar-refractivity contribution in [2.75, 3.05) is 21.0 Å². The molecule has 6 heteroatoms. The quantitative estimate of drug-likeness (QED) is 0.584. The summed E-state index contributed by atoms with van der Waals surface area (Å²) in [6.07, 6.45) is 6.82. The van der Waals surface area contributed by atoms with Gasteiger partial charge in [0, 0.05) is 31.9 Å². The first-order valence-electron chi connectivity index (χ1n) is 7.93. The minimum atomic E-state index is -0.510. The topological polar surface area (TPSA) is 63.2 Å². The van der Waals surface area contributed by atoms with Crippen LogP contribution in [-0.2, 0) is 28.5 Å². The van der Waals surface area contributed by atoms with Crippen LogP contribution in [0.4, 0.5) is 0 Å². The third-order valence-corrected chi connectivity index (χ3v) is 4.64. The summed E-state index contributed by atoms with van der Waals surface area (Å²) in [6.45, 7) is 0.165. The van der Waals surface area contributed by atoms with Crippen molar-refractivity contribution in [3.8, 4) is 0 Å². The summed E-state index contributed by atoms with van der Waals surface area (Å²) < 4.78 is 28.0. The van der Waals surface area contributed by atoms with E-state index in [2.05, 4.69) is 0 Å². The smallest absolute Gasteiger partial charge is 0.333 e. The van der Waals surface area contributed by atoms with Gasteiger partial charge in [-0.1, -0.05) is 6.42 Å². The van der Waals surface area contributed by atoms with Gasteiger partial charge in [-0.2, -0.15) is 0 Å². The number of fused-ring (bicyclic) bond motifs is 1. The third kappa shape index (κ3) is 3.06. The molecule has 3 aliphatic rings. The molecule has 3 rings (SSSR count). The first kappa shape index (κ1) is 15.9. The molecule has 0 N–H and O–H groups in total. The lowest BCUT2D eigenvalue weighted by Gasteiger charge is -2.32. The summed E-state index contributed by atoms with van der Waals surface area (Å²) in [4.78, 5) is 11.9. The highest BCUT2D eigenvalue weighted by atomic mass is 16.8. The molecule has 0 aromatic heterocycles. The van der Waals surface area contributed by atoms with E-state index in [0.717, 1.165) is 25.7 Å². The van der Waals surface area contributed by atoms with Gasteiger partial charge in [0.05, 0.1) is 13.2 Å². The zero-order valence-corrected chi connectivity index (χ0v) is 13.2. The van der Waals surface area contributed by atoms with Crippen molar-refractivity contribution in [3.05, 3.63) is 11.6 Å². The van der Waals surface area contributed by atoms with Crippen LogP contribution in [0.1, 0.15) is 38.5 Å². The Morgan fingerprint density at radius 3 is 2.73 bits per heavy atom. The number of methoxy groups -OCH3 is 2. The first-order valence-corrected chi connectivity index (χ1v) is 7.93. The van der Waals surface area contributed by atoms with E-state index in [9.17, 15) is 4.79 Å². The molecule has 0 bridgehead atoms. The molecule has 1 heterocycles. The lowest BCUT2D eigenvalue weighted by atomic mass is 9.92. The maximum absolute atomic E-state index is 11.9. The highest BCUT2D eigenvalue weighted by molar-refractivity contribution is 5.88. The average molecular weight is 312 g/mol. The van der Waals surface area contributed by atoms with Crippen LogP contribution in [0, 0.1) is 0 Å². The Hall–Kier alpha value is -0.950. The Morgan fingerprint density at radius 1 is 1.27 bits per heavy atom. The molecule has 0 amide bonds. The van der Waals surface area contributed by atoms with Gasteiger partial charge in [0.25, 0.3) is 0 Å². The van der Waals surface area contributed by atoms with E-state index >= 15 is 0 Å². The summed E-state index contributed by atoms with van der Waals surface area (Å²) in [5.41, 5.74) is 0.585. The van der Waals surface area contributed by atoms with Gasteiger partial charge < -0.3 is 23.7 Å². The van der Waals surface area contributed by atoms with Crippen molar-refractivity contribution in [1.29, 1.82) is 0 Å². The molecule has 0 aromatic carbocycles. The summed E-state index contributed by atoms with van der Waals surface area (Å²) in [5, 5.41) is 0. The molecule has 0 radical (unpaired) electrons. The van der Waals surface area contributed by atoms with Crippen LogP contribution in [0.2, 0.25) is 0 Å². The molecule has 1 saturated heterocycles. The van der Waals surface area contributed by atoms with Gasteiger partial charge in [-0.05, 0) is 18.9 Å². The van der Waals surface area contributed by atoms with E-state index in [1.165, 1.54) is 13.5 Å². The van der Waals surface area contributed by atoms with Crippen molar-refractivity contribution in [3.63, 3.8) is 0 Å². The number of rotatable bonds is 4. The molecule has 2 aliphatic carbocycles. The van der Waals surface area contributed by atoms with Crippen molar-refractivity contribution in [1.82, 2.24) is 0 Å². The lowest BCUT2D eigenvalue weighted by molar-refractivity contribution is -0.205. The second-order valence-electron chi connectivity index (χ2n) is 6.14. The molecule has 1 spiro atoms. The number of hydrogen-bond acceptors (Lipinski definition) is 6. The monoisotopic (exact) mass is 312 g/mol. The van der Waals surface area contributed by atoms with Crippen LogP contribution in [0.15, 0.2) is 11.6 Å². The largest absolute Gasteiger partial charge is 0.466 e. The number of esters is 1. The molecular weight excluding hydrogens is 288 g/mol.